The number of hydrogen-bond acceptors (Lipinski definition) is 4. The van der Waals surface area contributed by atoms with Crippen LogP contribution in [0.2, 0.25) is 0 Å². The van der Waals surface area contributed by atoms with Crippen LogP contribution in [0.15, 0.2) is 30.6 Å². The molecule has 1 aliphatic rings. The van der Waals surface area contributed by atoms with Gasteiger partial charge >= 0.3 is 0 Å². The fourth-order valence-corrected chi connectivity index (χ4v) is 3.01. The van der Waals surface area contributed by atoms with Crippen molar-refractivity contribution in [2.75, 3.05) is 18.5 Å². The predicted molar refractivity (Wildman–Crippen MR) is 97.6 cm³/mol. The smallest absolute Gasteiger partial charge is 0.226 e. The molecule has 2 heterocycles. The first kappa shape index (κ1) is 18.3. The van der Waals surface area contributed by atoms with Crippen molar-refractivity contribution in [1.29, 1.82) is 0 Å². The van der Waals surface area contributed by atoms with E-state index in [1.165, 1.54) is 0 Å². The standard InChI is InChI=1S/C20H22F2N4/c1-14-25(4)20(2,3)9-10-26(14)19-23-12-15(13-24-19)5-6-16-11-17(21)7-8-18(16)22/h7-8,11-14H,9-10H2,1-4H3. The van der Waals surface area contributed by atoms with Crippen LogP contribution in [0.25, 0.3) is 0 Å². The molecule has 0 aliphatic carbocycles. The third-order valence-electron chi connectivity index (χ3n) is 5.10. The van der Waals surface area contributed by atoms with Gasteiger partial charge in [0.05, 0.1) is 17.3 Å². The van der Waals surface area contributed by atoms with Crippen LogP contribution in [0.4, 0.5) is 14.7 Å². The van der Waals surface area contributed by atoms with Crippen LogP contribution in [-0.4, -0.2) is 40.2 Å². The number of halogens is 2. The molecule has 0 bridgehead atoms. The zero-order valence-electron chi connectivity index (χ0n) is 15.4. The van der Waals surface area contributed by atoms with Crippen LogP contribution >= 0.6 is 0 Å². The lowest BCUT2D eigenvalue weighted by Gasteiger charge is -2.49. The lowest BCUT2D eigenvalue weighted by atomic mass is 9.94. The van der Waals surface area contributed by atoms with E-state index >= 15 is 0 Å². The van der Waals surface area contributed by atoms with Crippen LogP contribution in [0, 0.1) is 23.5 Å². The summed E-state index contributed by atoms with van der Waals surface area (Å²) in [7, 11) is 2.10. The molecule has 1 saturated heterocycles. The molecule has 1 aliphatic heterocycles. The van der Waals surface area contributed by atoms with Crippen molar-refractivity contribution in [2.45, 2.75) is 38.9 Å². The second kappa shape index (κ2) is 7.00. The van der Waals surface area contributed by atoms with E-state index in [4.69, 9.17) is 0 Å². The summed E-state index contributed by atoms with van der Waals surface area (Å²) in [6.07, 6.45) is 4.41. The number of rotatable bonds is 1. The van der Waals surface area contributed by atoms with Gasteiger partial charge < -0.3 is 4.90 Å². The minimum atomic E-state index is -0.552. The van der Waals surface area contributed by atoms with Gasteiger partial charge in [-0.1, -0.05) is 11.8 Å². The van der Waals surface area contributed by atoms with Gasteiger partial charge in [0.1, 0.15) is 11.6 Å². The van der Waals surface area contributed by atoms with E-state index in [1.54, 1.807) is 12.4 Å². The Labute approximate surface area is 152 Å². The van der Waals surface area contributed by atoms with E-state index in [2.05, 4.69) is 59.4 Å². The Morgan fingerprint density at radius 3 is 2.54 bits per heavy atom. The molecule has 2 aromatic rings. The van der Waals surface area contributed by atoms with Crippen LogP contribution in [-0.2, 0) is 0 Å². The van der Waals surface area contributed by atoms with E-state index in [0.29, 0.717) is 11.5 Å². The lowest BCUT2D eigenvalue weighted by Crippen LogP contribution is -2.60. The summed E-state index contributed by atoms with van der Waals surface area (Å²) in [4.78, 5) is 13.3. The van der Waals surface area contributed by atoms with Crippen molar-refractivity contribution in [3.05, 3.63) is 53.4 Å². The third-order valence-corrected chi connectivity index (χ3v) is 5.10. The number of aromatic nitrogens is 2. The van der Waals surface area contributed by atoms with Crippen molar-refractivity contribution in [3.63, 3.8) is 0 Å². The summed E-state index contributed by atoms with van der Waals surface area (Å²) in [5.74, 6) is 4.98. The van der Waals surface area contributed by atoms with E-state index in [1.807, 2.05) is 0 Å². The Morgan fingerprint density at radius 2 is 1.85 bits per heavy atom. The van der Waals surface area contributed by atoms with E-state index in [-0.39, 0.29) is 17.3 Å². The summed E-state index contributed by atoms with van der Waals surface area (Å²) < 4.78 is 26.8. The molecule has 26 heavy (non-hydrogen) atoms. The average Bonchev–Trinajstić information content (AvgIpc) is 2.61. The quantitative estimate of drug-likeness (QED) is 0.733. The molecule has 0 N–H and O–H groups in total. The van der Waals surface area contributed by atoms with Gasteiger partial charge in [-0.05, 0) is 52.4 Å². The number of nitrogens with zero attached hydrogens (tertiary/aromatic N) is 4. The largest absolute Gasteiger partial charge is 0.325 e. The second-order valence-corrected chi connectivity index (χ2v) is 7.14. The Bertz CT molecular complexity index is 852. The Morgan fingerprint density at radius 1 is 1.15 bits per heavy atom. The Hall–Kier alpha value is -2.52. The SMILES string of the molecule is CC1N(c2ncc(C#Cc3cc(F)ccc3F)cn2)CCC(C)(C)N1C. The highest BCUT2D eigenvalue weighted by atomic mass is 19.1. The molecule has 3 rings (SSSR count). The molecule has 1 aromatic carbocycles. The summed E-state index contributed by atoms with van der Waals surface area (Å²) in [5.41, 5.74) is 0.703. The Kier molecular flexibility index (Phi) is 4.92. The van der Waals surface area contributed by atoms with Crippen LogP contribution in [0.5, 0.6) is 0 Å². The highest BCUT2D eigenvalue weighted by molar-refractivity contribution is 5.43. The van der Waals surface area contributed by atoms with Gasteiger partial charge in [0.2, 0.25) is 5.95 Å². The molecule has 0 spiro atoms. The summed E-state index contributed by atoms with van der Waals surface area (Å²) in [6.45, 7) is 7.46. The summed E-state index contributed by atoms with van der Waals surface area (Å²) in [5, 5.41) is 0. The maximum absolute atomic E-state index is 13.6. The van der Waals surface area contributed by atoms with Gasteiger partial charge in [0, 0.05) is 24.5 Å². The van der Waals surface area contributed by atoms with Crippen LogP contribution in [0.1, 0.15) is 38.3 Å². The molecule has 1 unspecified atom stereocenters. The van der Waals surface area contributed by atoms with Gasteiger partial charge in [-0.25, -0.2) is 18.7 Å². The minimum absolute atomic E-state index is 0.0163. The first-order chi connectivity index (χ1) is 12.3. The first-order valence-electron chi connectivity index (χ1n) is 8.56. The number of hydrogen-bond donors (Lipinski definition) is 0. The van der Waals surface area contributed by atoms with Crippen LogP contribution < -0.4 is 4.90 Å². The van der Waals surface area contributed by atoms with Gasteiger partial charge in [-0.15, -0.1) is 0 Å². The maximum atomic E-state index is 13.6. The third kappa shape index (κ3) is 3.68. The van der Waals surface area contributed by atoms with Crippen molar-refractivity contribution < 1.29 is 8.78 Å². The molecule has 1 fully saturated rings. The lowest BCUT2D eigenvalue weighted by molar-refractivity contribution is 0.0699. The monoisotopic (exact) mass is 356 g/mol. The molecule has 6 heteroatoms. The van der Waals surface area contributed by atoms with E-state index < -0.39 is 11.6 Å². The topological polar surface area (TPSA) is 32.3 Å². The fraction of sp³-hybridized carbons (Fsp3) is 0.400. The van der Waals surface area contributed by atoms with Crippen molar-refractivity contribution >= 4 is 5.95 Å². The normalized spacial score (nSPS) is 19.8. The average molecular weight is 356 g/mol. The fourth-order valence-electron chi connectivity index (χ4n) is 3.01. The molecular formula is C20H22F2N4. The maximum Gasteiger partial charge on any atom is 0.226 e. The first-order valence-corrected chi connectivity index (χ1v) is 8.56. The van der Waals surface area contributed by atoms with Crippen LogP contribution in [0.3, 0.4) is 0 Å². The van der Waals surface area contributed by atoms with Crippen molar-refractivity contribution in [1.82, 2.24) is 14.9 Å². The molecule has 0 radical (unpaired) electrons. The zero-order valence-corrected chi connectivity index (χ0v) is 15.4. The van der Waals surface area contributed by atoms with Crippen molar-refractivity contribution in [3.8, 4) is 11.8 Å². The van der Waals surface area contributed by atoms with Gasteiger partial charge in [-0.2, -0.15) is 0 Å². The highest BCUT2D eigenvalue weighted by Crippen LogP contribution is 2.29. The minimum Gasteiger partial charge on any atom is -0.325 e. The predicted octanol–water partition coefficient (Wildman–Crippen LogP) is 3.42. The molecule has 0 amide bonds. The molecule has 1 aromatic heterocycles. The van der Waals surface area contributed by atoms with Gasteiger partial charge in [-0.3, -0.25) is 4.90 Å². The number of benzene rings is 1. The molecule has 0 saturated carbocycles. The summed E-state index contributed by atoms with van der Waals surface area (Å²) in [6, 6.07) is 3.20. The highest BCUT2D eigenvalue weighted by Gasteiger charge is 2.36. The van der Waals surface area contributed by atoms with Gasteiger partial charge in [0.25, 0.3) is 0 Å². The molecule has 136 valence electrons. The molecular weight excluding hydrogens is 334 g/mol. The number of anilines is 1. The summed E-state index contributed by atoms with van der Waals surface area (Å²) >= 11 is 0. The van der Waals surface area contributed by atoms with E-state index in [9.17, 15) is 8.78 Å². The van der Waals surface area contributed by atoms with Gasteiger partial charge in [0.15, 0.2) is 0 Å². The van der Waals surface area contributed by atoms with E-state index in [0.717, 1.165) is 31.2 Å². The zero-order chi connectivity index (χ0) is 18.9. The Balaban J connectivity index is 1.78. The molecule has 4 nitrogen and oxygen atoms in total. The van der Waals surface area contributed by atoms with Crippen molar-refractivity contribution in [2.24, 2.45) is 0 Å². The second-order valence-electron chi connectivity index (χ2n) is 7.14. The molecule has 1 atom stereocenters.